The molecule has 7 heteroatoms. The maximum absolute atomic E-state index is 13.3. The molecule has 1 unspecified atom stereocenters. The van der Waals surface area contributed by atoms with Gasteiger partial charge < -0.3 is 19.7 Å². The quantitative estimate of drug-likeness (QED) is 0.717. The second-order valence-electron chi connectivity index (χ2n) is 7.59. The van der Waals surface area contributed by atoms with Crippen LogP contribution in [-0.4, -0.2) is 40.3 Å². The molecule has 1 amide bonds. The van der Waals surface area contributed by atoms with Gasteiger partial charge in [-0.05, 0) is 43.2 Å². The first kappa shape index (κ1) is 16.5. The number of hydrogen-bond donors (Lipinski definition) is 2. The number of aromatic amines is 1. The van der Waals surface area contributed by atoms with Crippen molar-refractivity contribution in [1.29, 1.82) is 0 Å². The molecule has 146 valence electrons. The molecule has 7 nitrogen and oxygen atoms in total. The Hall–Kier alpha value is -3.48. The molecule has 3 aliphatic rings. The Kier molecular flexibility index (Phi) is 3.56. The summed E-state index contributed by atoms with van der Waals surface area (Å²) in [6, 6.07) is 13.8. The topological polar surface area (TPSA) is 79.5 Å². The standard InChI is InChI=1S/C22H20N4O3/c27-22-15-3-1-2-4-17(15)24-21(26(22)14-6-7-14)16-12-23-25-20(16)13-5-8-18-19(11-13)29-10-9-28-18/h1-5,8,11-12,14,21,24H,6-7,9-10H2,(H,23,25). The summed E-state index contributed by atoms with van der Waals surface area (Å²) in [4.78, 5) is 15.2. The van der Waals surface area contributed by atoms with Crippen molar-refractivity contribution in [1.82, 2.24) is 15.1 Å². The van der Waals surface area contributed by atoms with Crippen molar-refractivity contribution in [3.63, 3.8) is 0 Å². The van der Waals surface area contributed by atoms with Crippen LogP contribution in [0.4, 0.5) is 5.69 Å². The minimum absolute atomic E-state index is 0.0705. The number of para-hydroxylation sites is 1. The van der Waals surface area contributed by atoms with Crippen LogP contribution in [0.1, 0.15) is 34.9 Å². The monoisotopic (exact) mass is 388 g/mol. The molecule has 0 radical (unpaired) electrons. The average Bonchev–Trinajstić information content (AvgIpc) is 3.48. The number of ether oxygens (including phenoxy) is 2. The number of rotatable bonds is 3. The molecule has 6 rings (SSSR count). The maximum atomic E-state index is 13.3. The van der Waals surface area contributed by atoms with E-state index in [4.69, 9.17) is 9.47 Å². The molecule has 2 aliphatic heterocycles. The SMILES string of the molecule is O=C1c2ccccc2NC(c2cn[nH]c2-c2ccc3c(c2)OCCO3)N1C1CC1. The van der Waals surface area contributed by atoms with Crippen molar-refractivity contribution in [2.75, 3.05) is 18.5 Å². The minimum atomic E-state index is -0.271. The zero-order valence-corrected chi connectivity index (χ0v) is 15.7. The van der Waals surface area contributed by atoms with Crippen molar-refractivity contribution in [2.24, 2.45) is 0 Å². The number of aromatic nitrogens is 2. The van der Waals surface area contributed by atoms with E-state index in [-0.39, 0.29) is 18.1 Å². The Labute approximate surface area is 167 Å². The summed E-state index contributed by atoms with van der Waals surface area (Å²) in [7, 11) is 0. The Morgan fingerprint density at radius 2 is 1.86 bits per heavy atom. The number of fused-ring (bicyclic) bond motifs is 2. The Morgan fingerprint density at radius 3 is 2.72 bits per heavy atom. The summed E-state index contributed by atoms with van der Waals surface area (Å²) < 4.78 is 11.4. The Morgan fingerprint density at radius 1 is 1.03 bits per heavy atom. The molecule has 1 atom stereocenters. The fraction of sp³-hybridized carbons (Fsp3) is 0.273. The van der Waals surface area contributed by atoms with Gasteiger partial charge in [0.05, 0.1) is 17.5 Å². The highest BCUT2D eigenvalue weighted by Gasteiger charge is 2.43. The van der Waals surface area contributed by atoms with E-state index in [2.05, 4.69) is 15.5 Å². The molecule has 2 aromatic carbocycles. The molecule has 2 N–H and O–H groups in total. The number of amides is 1. The van der Waals surface area contributed by atoms with Crippen molar-refractivity contribution in [2.45, 2.75) is 25.0 Å². The number of nitrogens with one attached hydrogen (secondary N) is 2. The van der Waals surface area contributed by atoms with Crippen LogP contribution in [0.5, 0.6) is 11.5 Å². The van der Waals surface area contributed by atoms with Crippen LogP contribution in [0.3, 0.4) is 0 Å². The van der Waals surface area contributed by atoms with Gasteiger partial charge in [-0.3, -0.25) is 9.89 Å². The molecule has 1 saturated carbocycles. The number of carbonyl (C=O) groups is 1. The fourth-order valence-corrected chi connectivity index (χ4v) is 4.16. The number of hydrogen-bond acceptors (Lipinski definition) is 5. The number of anilines is 1. The third-order valence-electron chi connectivity index (χ3n) is 5.70. The zero-order chi connectivity index (χ0) is 19.4. The summed E-state index contributed by atoms with van der Waals surface area (Å²) in [6.07, 6.45) is 3.60. The van der Waals surface area contributed by atoms with Crippen molar-refractivity contribution >= 4 is 11.6 Å². The Bertz CT molecular complexity index is 1100. The first-order chi connectivity index (χ1) is 14.3. The summed E-state index contributed by atoms with van der Waals surface area (Å²) in [5, 5.41) is 11.0. The molecule has 1 aliphatic carbocycles. The van der Waals surface area contributed by atoms with Gasteiger partial charge >= 0.3 is 0 Å². The molecule has 3 heterocycles. The normalized spacial score (nSPS) is 20.2. The van der Waals surface area contributed by atoms with Gasteiger partial charge in [0.25, 0.3) is 5.91 Å². The van der Waals surface area contributed by atoms with Gasteiger partial charge in [-0.25, -0.2) is 0 Å². The first-order valence-electron chi connectivity index (χ1n) is 9.91. The highest BCUT2D eigenvalue weighted by molar-refractivity contribution is 6.02. The van der Waals surface area contributed by atoms with Gasteiger partial charge in [-0.15, -0.1) is 0 Å². The van der Waals surface area contributed by atoms with E-state index in [9.17, 15) is 4.79 Å². The van der Waals surface area contributed by atoms with Crippen LogP contribution in [-0.2, 0) is 0 Å². The van der Waals surface area contributed by atoms with E-state index in [0.717, 1.165) is 52.4 Å². The molecule has 0 spiro atoms. The van der Waals surface area contributed by atoms with E-state index >= 15 is 0 Å². The number of nitrogens with zero attached hydrogens (tertiary/aromatic N) is 2. The van der Waals surface area contributed by atoms with Crippen molar-refractivity contribution < 1.29 is 14.3 Å². The number of H-pyrrole nitrogens is 1. The Balaban J connectivity index is 1.43. The lowest BCUT2D eigenvalue weighted by Crippen LogP contribution is -2.44. The predicted molar refractivity (Wildman–Crippen MR) is 107 cm³/mol. The van der Waals surface area contributed by atoms with Gasteiger partial charge in [0, 0.05) is 22.9 Å². The molecule has 1 aromatic heterocycles. The van der Waals surface area contributed by atoms with E-state index in [1.807, 2.05) is 47.4 Å². The predicted octanol–water partition coefficient (Wildman–Crippen LogP) is 3.58. The van der Waals surface area contributed by atoms with Crippen molar-refractivity contribution in [3.8, 4) is 22.8 Å². The lowest BCUT2D eigenvalue weighted by Gasteiger charge is -2.38. The number of carbonyl (C=O) groups excluding carboxylic acids is 1. The molecule has 29 heavy (non-hydrogen) atoms. The van der Waals surface area contributed by atoms with Crippen LogP contribution < -0.4 is 14.8 Å². The highest BCUT2D eigenvalue weighted by atomic mass is 16.6. The van der Waals surface area contributed by atoms with Crippen LogP contribution in [0.25, 0.3) is 11.3 Å². The fourth-order valence-electron chi connectivity index (χ4n) is 4.16. The van der Waals surface area contributed by atoms with E-state index in [0.29, 0.717) is 13.2 Å². The molecular weight excluding hydrogens is 368 g/mol. The maximum Gasteiger partial charge on any atom is 0.258 e. The van der Waals surface area contributed by atoms with E-state index in [1.165, 1.54) is 0 Å². The summed E-state index contributed by atoms with van der Waals surface area (Å²) in [5.74, 6) is 1.55. The molecule has 3 aromatic rings. The highest BCUT2D eigenvalue weighted by Crippen LogP contribution is 2.43. The largest absolute Gasteiger partial charge is 0.486 e. The van der Waals surface area contributed by atoms with Crippen LogP contribution >= 0.6 is 0 Å². The summed E-state index contributed by atoms with van der Waals surface area (Å²) in [5.41, 5.74) is 4.34. The van der Waals surface area contributed by atoms with Gasteiger partial charge in [-0.1, -0.05) is 12.1 Å². The third kappa shape index (κ3) is 2.65. The van der Waals surface area contributed by atoms with Gasteiger partial charge in [-0.2, -0.15) is 5.10 Å². The molecule has 0 saturated heterocycles. The second kappa shape index (κ2) is 6.27. The summed E-state index contributed by atoms with van der Waals surface area (Å²) >= 11 is 0. The summed E-state index contributed by atoms with van der Waals surface area (Å²) in [6.45, 7) is 1.10. The van der Waals surface area contributed by atoms with Gasteiger partial charge in [0.1, 0.15) is 19.4 Å². The van der Waals surface area contributed by atoms with Crippen LogP contribution in [0.2, 0.25) is 0 Å². The first-order valence-corrected chi connectivity index (χ1v) is 9.91. The van der Waals surface area contributed by atoms with E-state index < -0.39 is 0 Å². The van der Waals surface area contributed by atoms with Crippen LogP contribution in [0, 0.1) is 0 Å². The smallest absolute Gasteiger partial charge is 0.258 e. The average molecular weight is 388 g/mol. The number of benzene rings is 2. The van der Waals surface area contributed by atoms with Gasteiger partial charge in [0.15, 0.2) is 11.5 Å². The van der Waals surface area contributed by atoms with Crippen molar-refractivity contribution in [3.05, 3.63) is 59.8 Å². The molecule has 1 fully saturated rings. The minimum Gasteiger partial charge on any atom is -0.486 e. The molecular formula is C22H20N4O3. The molecule has 0 bridgehead atoms. The van der Waals surface area contributed by atoms with Crippen LogP contribution in [0.15, 0.2) is 48.7 Å². The lowest BCUT2D eigenvalue weighted by atomic mass is 10.0. The zero-order valence-electron chi connectivity index (χ0n) is 15.7. The van der Waals surface area contributed by atoms with Gasteiger partial charge in [0.2, 0.25) is 0 Å². The third-order valence-corrected chi connectivity index (χ3v) is 5.70. The second-order valence-corrected chi connectivity index (χ2v) is 7.59. The van der Waals surface area contributed by atoms with E-state index in [1.54, 1.807) is 6.20 Å². The lowest BCUT2D eigenvalue weighted by molar-refractivity contribution is 0.0667.